The summed E-state index contributed by atoms with van der Waals surface area (Å²) < 4.78 is 7.57. The van der Waals surface area contributed by atoms with E-state index in [0.717, 1.165) is 35.4 Å². The average molecular weight is 458 g/mol. The lowest BCUT2D eigenvalue weighted by atomic mass is 10.2. The molecule has 2 heterocycles. The number of rotatable bonds is 7. The van der Waals surface area contributed by atoms with E-state index in [1.54, 1.807) is 12.1 Å². The van der Waals surface area contributed by atoms with Crippen LogP contribution in [-0.2, 0) is 9.53 Å². The molecule has 1 fully saturated rings. The molecule has 162 valence electrons. The van der Waals surface area contributed by atoms with E-state index in [2.05, 4.69) is 44.0 Å². The molecule has 4 rings (SSSR count). The zero-order valence-electron chi connectivity index (χ0n) is 17.3. The van der Waals surface area contributed by atoms with E-state index in [1.807, 2.05) is 24.3 Å². The van der Waals surface area contributed by atoms with Gasteiger partial charge in [-0.15, -0.1) is 10.2 Å². The van der Waals surface area contributed by atoms with Crippen LogP contribution in [0.25, 0.3) is 5.69 Å². The Morgan fingerprint density at radius 2 is 1.97 bits per heavy atom. The largest absolute Gasteiger partial charge is 0.378 e. The molecule has 1 N–H and O–H groups in total. The summed E-state index contributed by atoms with van der Waals surface area (Å²) in [4.78, 5) is 14.5. The van der Waals surface area contributed by atoms with Gasteiger partial charge >= 0.3 is 0 Å². The van der Waals surface area contributed by atoms with Crippen molar-refractivity contribution in [3.05, 3.63) is 59.1 Å². The lowest BCUT2D eigenvalue weighted by molar-refractivity contribution is -0.115. The van der Waals surface area contributed by atoms with Crippen LogP contribution in [-0.4, -0.2) is 52.7 Å². The van der Waals surface area contributed by atoms with Crippen LogP contribution in [0.15, 0.2) is 53.7 Å². The van der Waals surface area contributed by atoms with Crippen molar-refractivity contribution >= 4 is 40.9 Å². The highest BCUT2D eigenvalue weighted by molar-refractivity contribution is 7.99. The third kappa shape index (κ3) is 5.39. The van der Waals surface area contributed by atoms with Crippen LogP contribution in [0.4, 0.5) is 11.6 Å². The Hall–Kier alpha value is -2.55. The van der Waals surface area contributed by atoms with Gasteiger partial charge in [-0.2, -0.15) is 0 Å². The molecule has 2 aromatic carbocycles. The summed E-state index contributed by atoms with van der Waals surface area (Å²) in [6.45, 7) is 4.97. The molecule has 0 saturated carbocycles. The van der Waals surface area contributed by atoms with Gasteiger partial charge in [-0.1, -0.05) is 47.6 Å². The summed E-state index contributed by atoms with van der Waals surface area (Å²) in [5, 5.41) is 13.2. The highest BCUT2D eigenvalue weighted by Gasteiger charge is 2.22. The predicted octanol–water partition coefficient (Wildman–Crippen LogP) is 4.19. The molecular formula is C22H24ClN5O2S. The number of para-hydroxylation sites is 1. The Morgan fingerprint density at radius 3 is 2.74 bits per heavy atom. The fraction of sp³-hybridized carbons (Fsp3) is 0.318. The zero-order valence-corrected chi connectivity index (χ0v) is 18.8. The Balaban J connectivity index is 1.48. The van der Waals surface area contributed by atoms with Gasteiger partial charge in [0.15, 0.2) is 5.16 Å². The Bertz CT molecular complexity index is 1050. The van der Waals surface area contributed by atoms with Gasteiger partial charge < -0.3 is 15.0 Å². The summed E-state index contributed by atoms with van der Waals surface area (Å²) in [5.41, 5.74) is 2.87. The molecule has 9 heteroatoms. The number of ether oxygens (including phenoxy) is 1. The summed E-state index contributed by atoms with van der Waals surface area (Å²) >= 11 is 7.50. The number of amides is 1. The molecule has 3 aromatic rings. The van der Waals surface area contributed by atoms with E-state index in [-0.39, 0.29) is 5.91 Å². The van der Waals surface area contributed by atoms with Crippen LogP contribution >= 0.6 is 23.4 Å². The molecule has 1 aromatic heterocycles. The average Bonchev–Trinajstić information content (AvgIpc) is 3.18. The number of carbonyl (C=O) groups excluding carboxylic acids is 1. The van der Waals surface area contributed by atoms with Gasteiger partial charge in [0.1, 0.15) is 0 Å². The molecule has 1 amide bonds. The van der Waals surface area contributed by atoms with Crippen LogP contribution in [0.2, 0.25) is 5.02 Å². The van der Waals surface area contributed by atoms with Gasteiger partial charge in [-0.25, -0.2) is 0 Å². The van der Waals surface area contributed by atoms with Gasteiger partial charge in [0.25, 0.3) is 0 Å². The third-order valence-electron chi connectivity index (χ3n) is 4.94. The van der Waals surface area contributed by atoms with Crippen molar-refractivity contribution in [2.75, 3.05) is 42.3 Å². The maximum atomic E-state index is 12.3. The minimum absolute atomic E-state index is 0.0647. The molecule has 0 bridgehead atoms. The van der Waals surface area contributed by atoms with E-state index >= 15 is 0 Å². The molecule has 1 aliphatic rings. The normalized spacial score (nSPS) is 13.9. The van der Waals surface area contributed by atoms with E-state index in [0.29, 0.717) is 36.1 Å². The smallest absolute Gasteiger partial charge is 0.232 e. The van der Waals surface area contributed by atoms with E-state index in [1.165, 1.54) is 11.8 Å². The fourth-order valence-corrected chi connectivity index (χ4v) is 4.44. The first-order valence-corrected chi connectivity index (χ1v) is 11.5. The minimum atomic E-state index is -0.0647. The minimum Gasteiger partial charge on any atom is -0.378 e. The van der Waals surface area contributed by atoms with Crippen LogP contribution in [0, 0.1) is 6.92 Å². The first-order valence-electron chi connectivity index (χ1n) is 10.1. The Morgan fingerprint density at radius 1 is 1.16 bits per heavy atom. The number of nitrogens with one attached hydrogen (secondary N) is 1. The summed E-state index contributed by atoms with van der Waals surface area (Å²) in [6, 6.07) is 15.3. The Labute approximate surface area is 190 Å². The van der Waals surface area contributed by atoms with Crippen molar-refractivity contribution in [1.29, 1.82) is 0 Å². The molecule has 0 radical (unpaired) electrons. The second-order valence-electron chi connectivity index (χ2n) is 7.16. The van der Waals surface area contributed by atoms with Gasteiger partial charge in [0.05, 0.1) is 18.9 Å². The molecule has 0 atom stereocenters. The van der Waals surface area contributed by atoms with Gasteiger partial charge in [0, 0.05) is 36.0 Å². The molecule has 1 aliphatic heterocycles. The topological polar surface area (TPSA) is 72.3 Å². The third-order valence-corrected chi connectivity index (χ3v) is 6.10. The number of morpholine rings is 1. The highest BCUT2D eigenvalue weighted by atomic mass is 35.5. The standard InChI is InChI=1S/C22H24ClN5O2S/c1-16-5-2-3-8-19(16)28-21(27-10-12-30-13-11-27)25-26-22(28)31-14-9-20(29)24-18-7-4-6-17(23)15-18/h2-8,15H,9-14H2,1H3,(H,24,29). The molecule has 1 saturated heterocycles. The van der Waals surface area contributed by atoms with Gasteiger partial charge in [-0.05, 0) is 36.8 Å². The molecular weight excluding hydrogens is 434 g/mol. The van der Waals surface area contributed by atoms with Crippen molar-refractivity contribution in [1.82, 2.24) is 14.8 Å². The first kappa shape index (κ1) is 21.7. The van der Waals surface area contributed by atoms with Crippen molar-refractivity contribution in [2.45, 2.75) is 18.5 Å². The second-order valence-corrected chi connectivity index (χ2v) is 8.66. The molecule has 0 unspecified atom stereocenters. The van der Waals surface area contributed by atoms with Gasteiger partial charge in [0.2, 0.25) is 11.9 Å². The van der Waals surface area contributed by atoms with Gasteiger partial charge in [-0.3, -0.25) is 9.36 Å². The molecule has 0 spiro atoms. The van der Waals surface area contributed by atoms with E-state index in [9.17, 15) is 4.79 Å². The summed E-state index contributed by atoms with van der Waals surface area (Å²) in [5.74, 6) is 1.33. The number of benzene rings is 2. The summed E-state index contributed by atoms with van der Waals surface area (Å²) in [6.07, 6.45) is 0.352. The number of carbonyl (C=O) groups is 1. The maximum Gasteiger partial charge on any atom is 0.232 e. The van der Waals surface area contributed by atoms with E-state index < -0.39 is 0 Å². The number of thioether (sulfide) groups is 1. The van der Waals surface area contributed by atoms with Crippen molar-refractivity contribution < 1.29 is 9.53 Å². The zero-order chi connectivity index (χ0) is 21.6. The fourth-order valence-electron chi connectivity index (χ4n) is 3.37. The number of aryl methyl sites for hydroxylation is 1. The monoisotopic (exact) mass is 457 g/mol. The van der Waals surface area contributed by atoms with Crippen LogP contribution in [0.5, 0.6) is 0 Å². The van der Waals surface area contributed by atoms with Crippen LogP contribution < -0.4 is 10.2 Å². The molecule has 7 nitrogen and oxygen atoms in total. The predicted molar refractivity (Wildman–Crippen MR) is 125 cm³/mol. The number of nitrogens with zero attached hydrogens (tertiary/aromatic N) is 4. The highest BCUT2D eigenvalue weighted by Crippen LogP contribution is 2.29. The quantitative estimate of drug-likeness (QED) is 0.536. The first-order chi connectivity index (χ1) is 15.1. The lowest BCUT2D eigenvalue weighted by Gasteiger charge is -2.28. The lowest BCUT2D eigenvalue weighted by Crippen LogP contribution is -2.38. The van der Waals surface area contributed by atoms with Crippen molar-refractivity contribution in [3.8, 4) is 5.69 Å². The van der Waals surface area contributed by atoms with Crippen LogP contribution in [0.1, 0.15) is 12.0 Å². The number of halogens is 1. The maximum absolute atomic E-state index is 12.3. The van der Waals surface area contributed by atoms with Crippen LogP contribution in [0.3, 0.4) is 0 Å². The number of anilines is 2. The summed E-state index contributed by atoms with van der Waals surface area (Å²) in [7, 11) is 0. The number of aromatic nitrogens is 3. The number of hydrogen-bond donors (Lipinski definition) is 1. The van der Waals surface area contributed by atoms with Crippen molar-refractivity contribution in [3.63, 3.8) is 0 Å². The Kier molecular flexibility index (Phi) is 7.11. The number of hydrogen-bond acceptors (Lipinski definition) is 6. The van der Waals surface area contributed by atoms with Crippen molar-refractivity contribution in [2.24, 2.45) is 0 Å². The molecule has 31 heavy (non-hydrogen) atoms. The SMILES string of the molecule is Cc1ccccc1-n1c(SCCC(=O)Nc2cccc(Cl)c2)nnc1N1CCOCC1. The molecule has 0 aliphatic carbocycles. The van der Waals surface area contributed by atoms with E-state index in [4.69, 9.17) is 16.3 Å². The second kappa shape index (κ2) is 10.2.